The number of aromatic nitrogens is 1. The first-order valence-corrected chi connectivity index (χ1v) is 7.64. The molecule has 0 radical (unpaired) electrons. The summed E-state index contributed by atoms with van der Waals surface area (Å²) in [5.41, 5.74) is 1.67. The van der Waals surface area contributed by atoms with E-state index in [-0.39, 0.29) is 5.75 Å². The van der Waals surface area contributed by atoms with E-state index in [1.807, 2.05) is 0 Å². The fourth-order valence-electron chi connectivity index (χ4n) is 1.80. The van der Waals surface area contributed by atoms with Crippen LogP contribution in [-0.2, 0) is 15.6 Å². The summed E-state index contributed by atoms with van der Waals surface area (Å²) in [6, 6.07) is 0. The summed E-state index contributed by atoms with van der Waals surface area (Å²) in [6.45, 7) is 1.78. The molecule has 1 aromatic rings. The van der Waals surface area contributed by atoms with Crippen LogP contribution < -0.4 is 5.32 Å². The van der Waals surface area contributed by atoms with Crippen LogP contribution in [0.25, 0.3) is 0 Å². The molecule has 1 fully saturated rings. The lowest BCUT2D eigenvalue weighted by Crippen LogP contribution is -2.19. The molecule has 0 bridgehead atoms. The van der Waals surface area contributed by atoms with Crippen molar-refractivity contribution in [2.24, 2.45) is 5.92 Å². The van der Waals surface area contributed by atoms with Gasteiger partial charge in [-0.1, -0.05) is 0 Å². The molecular formula is C9H14N2O2S2. The van der Waals surface area contributed by atoms with Gasteiger partial charge in [0, 0.05) is 11.1 Å². The summed E-state index contributed by atoms with van der Waals surface area (Å²) in [4.78, 5) is 4.71. The second-order valence-electron chi connectivity index (χ2n) is 3.88. The molecule has 0 spiro atoms. The Labute approximate surface area is 93.7 Å². The SMILES string of the molecule is O=S(=O)(Cc1cncs1)C[C@@H]1CCNC1. The maximum Gasteiger partial charge on any atom is 0.155 e. The minimum Gasteiger partial charge on any atom is -0.316 e. The van der Waals surface area contributed by atoms with Crippen molar-refractivity contribution >= 4 is 21.2 Å². The Bertz CT molecular complexity index is 394. The largest absolute Gasteiger partial charge is 0.316 e. The maximum atomic E-state index is 11.8. The average Bonchev–Trinajstić information content (AvgIpc) is 2.75. The molecule has 1 atom stereocenters. The minimum absolute atomic E-state index is 0.147. The van der Waals surface area contributed by atoms with E-state index in [4.69, 9.17) is 0 Å². The van der Waals surface area contributed by atoms with Gasteiger partial charge in [0.25, 0.3) is 0 Å². The summed E-state index contributed by atoms with van der Waals surface area (Å²) in [5, 5.41) is 3.18. The zero-order valence-corrected chi connectivity index (χ0v) is 9.98. The lowest BCUT2D eigenvalue weighted by Gasteiger charge is -2.07. The van der Waals surface area contributed by atoms with Crippen LogP contribution in [0.2, 0.25) is 0 Å². The van der Waals surface area contributed by atoms with Gasteiger partial charge in [-0.2, -0.15) is 0 Å². The molecular weight excluding hydrogens is 232 g/mol. The molecule has 2 heterocycles. The van der Waals surface area contributed by atoms with E-state index >= 15 is 0 Å². The van der Waals surface area contributed by atoms with Crippen LogP contribution in [0, 0.1) is 5.92 Å². The van der Waals surface area contributed by atoms with E-state index in [0.717, 1.165) is 24.4 Å². The van der Waals surface area contributed by atoms with Crippen molar-refractivity contribution in [3.8, 4) is 0 Å². The van der Waals surface area contributed by atoms with E-state index in [2.05, 4.69) is 10.3 Å². The number of sulfone groups is 1. The van der Waals surface area contributed by atoms with Gasteiger partial charge < -0.3 is 5.32 Å². The zero-order chi connectivity index (χ0) is 10.7. The molecule has 0 aliphatic carbocycles. The topological polar surface area (TPSA) is 59.1 Å². The molecule has 1 saturated heterocycles. The highest BCUT2D eigenvalue weighted by molar-refractivity contribution is 7.90. The highest BCUT2D eigenvalue weighted by Gasteiger charge is 2.22. The van der Waals surface area contributed by atoms with Crippen molar-refractivity contribution in [3.63, 3.8) is 0 Å². The van der Waals surface area contributed by atoms with E-state index in [0.29, 0.717) is 11.7 Å². The van der Waals surface area contributed by atoms with Gasteiger partial charge in [-0.05, 0) is 25.4 Å². The van der Waals surface area contributed by atoms with Gasteiger partial charge in [0.05, 0.1) is 17.0 Å². The number of nitrogens with one attached hydrogen (secondary N) is 1. The Hall–Kier alpha value is -0.460. The quantitative estimate of drug-likeness (QED) is 0.848. The Kier molecular flexibility index (Phi) is 3.38. The molecule has 15 heavy (non-hydrogen) atoms. The Morgan fingerprint density at radius 1 is 1.60 bits per heavy atom. The average molecular weight is 246 g/mol. The summed E-state index contributed by atoms with van der Waals surface area (Å²) < 4.78 is 23.6. The summed E-state index contributed by atoms with van der Waals surface area (Å²) in [5.74, 6) is 0.745. The van der Waals surface area contributed by atoms with Crippen molar-refractivity contribution < 1.29 is 8.42 Å². The molecule has 0 amide bonds. The predicted octanol–water partition coefficient (Wildman–Crippen LogP) is 0.667. The molecule has 1 aliphatic heterocycles. The molecule has 1 N–H and O–H groups in total. The molecule has 2 rings (SSSR count). The van der Waals surface area contributed by atoms with Crippen molar-refractivity contribution in [2.45, 2.75) is 12.2 Å². The third kappa shape index (κ3) is 3.25. The van der Waals surface area contributed by atoms with Gasteiger partial charge in [0.15, 0.2) is 9.84 Å². The molecule has 4 nitrogen and oxygen atoms in total. The second kappa shape index (κ2) is 4.59. The minimum atomic E-state index is -2.96. The molecule has 6 heteroatoms. The van der Waals surface area contributed by atoms with Crippen molar-refractivity contribution in [2.75, 3.05) is 18.8 Å². The molecule has 0 aromatic carbocycles. The molecule has 1 aromatic heterocycles. The van der Waals surface area contributed by atoms with E-state index in [1.54, 1.807) is 11.7 Å². The van der Waals surface area contributed by atoms with Gasteiger partial charge in [-0.15, -0.1) is 11.3 Å². The van der Waals surface area contributed by atoms with Gasteiger partial charge in [0.1, 0.15) is 0 Å². The third-order valence-electron chi connectivity index (χ3n) is 2.50. The van der Waals surface area contributed by atoms with Gasteiger partial charge in [-0.25, -0.2) is 8.42 Å². The molecule has 0 unspecified atom stereocenters. The predicted molar refractivity (Wildman–Crippen MR) is 60.6 cm³/mol. The lowest BCUT2D eigenvalue weighted by atomic mass is 10.2. The summed E-state index contributed by atoms with van der Waals surface area (Å²) >= 11 is 1.40. The number of nitrogens with zero attached hydrogens (tertiary/aromatic N) is 1. The van der Waals surface area contributed by atoms with E-state index in [9.17, 15) is 8.42 Å². The zero-order valence-electron chi connectivity index (χ0n) is 8.35. The molecule has 0 saturated carbocycles. The summed E-state index contributed by atoms with van der Waals surface area (Å²) in [6.07, 6.45) is 2.61. The van der Waals surface area contributed by atoms with Crippen LogP contribution in [0.1, 0.15) is 11.3 Å². The first kappa shape index (κ1) is 11.0. The number of thiazole rings is 1. The first-order valence-electron chi connectivity index (χ1n) is 4.94. The van der Waals surface area contributed by atoms with Gasteiger partial charge in [-0.3, -0.25) is 4.98 Å². The van der Waals surface area contributed by atoms with E-state index < -0.39 is 9.84 Å². The third-order valence-corrected chi connectivity index (χ3v) is 5.19. The Morgan fingerprint density at radius 2 is 2.47 bits per heavy atom. The highest BCUT2D eigenvalue weighted by atomic mass is 32.2. The van der Waals surface area contributed by atoms with E-state index in [1.165, 1.54) is 11.3 Å². The van der Waals surface area contributed by atoms with Gasteiger partial charge in [0.2, 0.25) is 0 Å². The van der Waals surface area contributed by atoms with Crippen LogP contribution in [0.3, 0.4) is 0 Å². The van der Waals surface area contributed by atoms with Crippen molar-refractivity contribution in [1.29, 1.82) is 0 Å². The summed E-state index contributed by atoms with van der Waals surface area (Å²) in [7, 11) is -2.96. The fourth-order valence-corrected chi connectivity index (χ4v) is 4.62. The Morgan fingerprint density at radius 3 is 3.07 bits per heavy atom. The maximum absolute atomic E-state index is 11.8. The van der Waals surface area contributed by atoms with Crippen LogP contribution in [0.15, 0.2) is 11.7 Å². The van der Waals surface area contributed by atoms with Crippen LogP contribution >= 0.6 is 11.3 Å². The highest BCUT2D eigenvalue weighted by Crippen LogP contribution is 2.16. The number of hydrogen-bond acceptors (Lipinski definition) is 5. The smallest absolute Gasteiger partial charge is 0.155 e. The normalized spacial score (nSPS) is 22.0. The van der Waals surface area contributed by atoms with Gasteiger partial charge >= 0.3 is 0 Å². The lowest BCUT2D eigenvalue weighted by molar-refractivity contribution is 0.570. The number of hydrogen-bond donors (Lipinski definition) is 1. The van der Waals surface area contributed by atoms with Crippen LogP contribution in [0.4, 0.5) is 0 Å². The monoisotopic (exact) mass is 246 g/mol. The Balaban J connectivity index is 1.94. The molecule has 84 valence electrons. The number of rotatable bonds is 4. The van der Waals surface area contributed by atoms with Crippen LogP contribution in [0.5, 0.6) is 0 Å². The van der Waals surface area contributed by atoms with Crippen molar-refractivity contribution in [1.82, 2.24) is 10.3 Å². The first-order chi connectivity index (χ1) is 7.16. The molecule has 1 aliphatic rings. The second-order valence-corrected chi connectivity index (χ2v) is 6.96. The van der Waals surface area contributed by atoms with Crippen molar-refractivity contribution in [3.05, 3.63) is 16.6 Å². The standard InChI is InChI=1S/C9H14N2O2S2/c12-15(13,5-8-1-2-10-3-8)6-9-4-11-7-14-9/h4,7-8,10H,1-3,5-6H2/t8-/m1/s1. The van der Waals surface area contributed by atoms with Crippen LogP contribution in [-0.4, -0.2) is 32.2 Å². The fraction of sp³-hybridized carbons (Fsp3) is 0.667.